The maximum Gasteiger partial charge on any atom is 0.406 e. The highest BCUT2D eigenvalue weighted by Crippen LogP contribution is 2.40. The second-order valence-corrected chi connectivity index (χ2v) is 5.58. The number of carbonyl (C=O) groups excluding carboxylic acids is 2. The van der Waals surface area contributed by atoms with E-state index in [9.17, 15) is 22.8 Å². The zero-order chi connectivity index (χ0) is 15.9. The van der Waals surface area contributed by atoms with Gasteiger partial charge in [-0.15, -0.1) is 0 Å². The minimum Gasteiger partial charge on any atom is -0.364 e. The van der Waals surface area contributed by atoms with Crippen molar-refractivity contribution in [3.63, 3.8) is 0 Å². The van der Waals surface area contributed by atoms with Crippen LogP contribution in [0, 0.1) is 0 Å². The van der Waals surface area contributed by atoms with Crippen molar-refractivity contribution in [1.29, 1.82) is 0 Å². The zero-order valence-electron chi connectivity index (χ0n) is 11.5. The van der Waals surface area contributed by atoms with Crippen LogP contribution in [0.3, 0.4) is 0 Å². The van der Waals surface area contributed by atoms with Crippen molar-refractivity contribution < 1.29 is 27.3 Å². The molecule has 120 valence electrons. The molecule has 0 aromatic carbocycles. The average Bonchev–Trinajstić information content (AvgIpc) is 3.07. The number of aromatic nitrogens is 1. The number of nitrogens with zero attached hydrogens (tertiary/aromatic N) is 2. The van der Waals surface area contributed by atoms with Crippen LogP contribution in [0.2, 0.25) is 0 Å². The van der Waals surface area contributed by atoms with Crippen molar-refractivity contribution in [1.82, 2.24) is 15.4 Å². The van der Waals surface area contributed by atoms with Gasteiger partial charge >= 0.3 is 6.18 Å². The summed E-state index contributed by atoms with van der Waals surface area (Å²) in [6.45, 7) is -1.32. The smallest absolute Gasteiger partial charge is 0.364 e. The Morgan fingerprint density at radius 3 is 2.77 bits per heavy atom. The van der Waals surface area contributed by atoms with Crippen molar-refractivity contribution in [3.05, 3.63) is 17.5 Å². The maximum atomic E-state index is 12.3. The van der Waals surface area contributed by atoms with Gasteiger partial charge in [0.1, 0.15) is 24.4 Å². The molecule has 2 aliphatic rings. The molecule has 1 aliphatic carbocycles. The molecule has 1 saturated carbocycles. The van der Waals surface area contributed by atoms with E-state index in [1.165, 1.54) is 6.26 Å². The Morgan fingerprint density at radius 2 is 2.14 bits per heavy atom. The molecule has 0 radical (unpaired) electrons. The van der Waals surface area contributed by atoms with Gasteiger partial charge in [-0.2, -0.15) is 13.2 Å². The Labute approximate surface area is 123 Å². The van der Waals surface area contributed by atoms with Gasteiger partial charge in [0.2, 0.25) is 5.91 Å². The van der Waals surface area contributed by atoms with Crippen LogP contribution in [-0.2, 0) is 4.79 Å². The molecule has 6 nitrogen and oxygen atoms in total. The highest BCUT2D eigenvalue weighted by Gasteiger charge is 2.40. The number of nitrogens with one attached hydrogen (secondary N) is 1. The van der Waals surface area contributed by atoms with Crippen LogP contribution in [0.25, 0.3) is 0 Å². The SMILES string of the molecule is O=C(N[C@@H]1CCN(CC(F)(F)F)C1=O)c1conc1C1CC1. The highest BCUT2D eigenvalue weighted by molar-refractivity contribution is 5.98. The first-order chi connectivity index (χ1) is 10.3. The maximum absolute atomic E-state index is 12.3. The minimum absolute atomic E-state index is 0.0254. The van der Waals surface area contributed by atoms with E-state index >= 15 is 0 Å². The molecular weight excluding hydrogens is 303 g/mol. The standard InChI is InChI=1S/C13H14F3N3O3/c14-13(15,16)6-19-4-3-9(12(19)21)17-11(20)8-5-22-18-10(8)7-1-2-7/h5,7,9H,1-4,6H2,(H,17,20)/t9-/m1/s1. The lowest BCUT2D eigenvalue weighted by atomic mass is 10.1. The highest BCUT2D eigenvalue weighted by atomic mass is 19.4. The third-order valence-electron chi connectivity index (χ3n) is 3.78. The predicted molar refractivity (Wildman–Crippen MR) is 67.0 cm³/mol. The number of amides is 2. The van der Waals surface area contributed by atoms with Crippen LogP contribution in [0.1, 0.15) is 41.2 Å². The number of carbonyl (C=O) groups is 2. The van der Waals surface area contributed by atoms with Crippen molar-refractivity contribution in [3.8, 4) is 0 Å². The first kappa shape index (κ1) is 14.9. The van der Waals surface area contributed by atoms with E-state index in [0.29, 0.717) is 10.6 Å². The predicted octanol–water partition coefficient (Wildman–Crippen LogP) is 1.44. The molecule has 1 saturated heterocycles. The number of likely N-dealkylation sites (tertiary alicyclic amines) is 1. The molecule has 2 fully saturated rings. The average molecular weight is 317 g/mol. The molecule has 1 N–H and O–H groups in total. The molecule has 0 unspecified atom stereocenters. The number of hydrogen-bond acceptors (Lipinski definition) is 4. The molecule has 22 heavy (non-hydrogen) atoms. The monoisotopic (exact) mass is 317 g/mol. The second-order valence-electron chi connectivity index (χ2n) is 5.58. The molecule has 2 heterocycles. The molecule has 1 aliphatic heterocycles. The van der Waals surface area contributed by atoms with Gasteiger partial charge in [0.15, 0.2) is 0 Å². The molecule has 0 bridgehead atoms. The van der Waals surface area contributed by atoms with E-state index in [4.69, 9.17) is 4.52 Å². The fraction of sp³-hybridized carbons (Fsp3) is 0.615. The zero-order valence-corrected chi connectivity index (χ0v) is 11.5. The van der Waals surface area contributed by atoms with E-state index in [1.54, 1.807) is 0 Å². The van der Waals surface area contributed by atoms with Crippen LogP contribution < -0.4 is 5.32 Å². The molecule has 0 spiro atoms. The van der Waals surface area contributed by atoms with E-state index in [0.717, 1.165) is 12.8 Å². The third kappa shape index (κ3) is 3.07. The largest absolute Gasteiger partial charge is 0.406 e. The van der Waals surface area contributed by atoms with Crippen LogP contribution in [0.4, 0.5) is 13.2 Å². The fourth-order valence-corrected chi connectivity index (χ4v) is 2.55. The molecule has 1 aromatic rings. The molecule has 3 rings (SSSR count). The van der Waals surface area contributed by atoms with Gasteiger partial charge in [-0.3, -0.25) is 9.59 Å². The van der Waals surface area contributed by atoms with Crippen LogP contribution in [0.15, 0.2) is 10.8 Å². The van der Waals surface area contributed by atoms with E-state index in [1.807, 2.05) is 0 Å². The Morgan fingerprint density at radius 1 is 1.41 bits per heavy atom. The van der Waals surface area contributed by atoms with Crippen LogP contribution in [0.5, 0.6) is 0 Å². The number of alkyl halides is 3. The number of hydrogen-bond donors (Lipinski definition) is 1. The van der Waals surface area contributed by atoms with E-state index in [-0.39, 0.29) is 24.4 Å². The summed E-state index contributed by atoms with van der Waals surface area (Å²) in [5, 5.41) is 6.25. The quantitative estimate of drug-likeness (QED) is 0.912. The van der Waals surface area contributed by atoms with E-state index in [2.05, 4.69) is 10.5 Å². The number of rotatable bonds is 4. The first-order valence-electron chi connectivity index (χ1n) is 6.96. The summed E-state index contributed by atoms with van der Waals surface area (Å²) < 4.78 is 41.8. The van der Waals surface area contributed by atoms with Crippen molar-refractivity contribution >= 4 is 11.8 Å². The molecular formula is C13H14F3N3O3. The lowest BCUT2D eigenvalue weighted by molar-refractivity contribution is -0.157. The Balaban J connectivity index is 1.62. The summed E-state index contributed by atoms with van der Waals surface area (Å²) in [5.74, 6) is -1.05. The van der Waals surface area contributed by atoms with Crippen molar-refractivity contribution in [2.45, 2.75) is 37.4 Å². The van der Waals surface area contributed by atoms with Gasteiger partial charge in [-0.25, -0.2) is 0 Å². The van der Waals surface area contributed by atoms with Crippen LogP contribution >= 0.6 is 0 Å². The van der Waals surface area contributed by atoms with Gasteiger partial charge in [0.05, 0.1) is 5.69 Å². The van der Waals surface area contributed by atoms with Gasteiger partial charge in [0, 0.05) is 12.5 Å². The summed E-state index contributed by atoms with van der Waals surface area (Å²) >= 11 is 0. The summed E-state index contributed by atoms with van der Waals surface area (Å²) in [6, 6.07) is -0.934. The normalized spacial score (nSPS) is 22.2. The molecule has 1 atom stereocenters. The van der Waals surface area contributed by atoms with Gasteiger partial charge in [0.25, 0.3) is 5.91 Å². The summed E-state index contributed by atoms with van der Waals surface area (Å²) in [5.41, 5.74) is 0.805. The topological polar surface area (TPSA) is 75.4 Å². The molecule has 1 aromatic heterocycles. The summed E-state index contributed by atoms with van der Waals surface area (Å²) in [7, 11) is 0. The summed E-state index contributed by atoms with van der Waals surface area (Å²) in [4.78, 5) is 24.7. The van der Waals surface area contributed by atoms with Gasteiger partial charge < -0.3 is 14.7 Å². The minimum atomic E-state index is -4.44. The lowest BCUT2D eigenvalue weighted by Crippen LogP contribution is -2.43. The fourth-order valence-electron chi connectivity index (χ4n) is 2.55. The summed E-state index contributed by atoms with van der Waals surface area (Å²) in [6.07, 6.45) is -1.23. The first-order valence-corrected chi connectivity index (χ1v) is 6.96. The van der Waals surface area contributed by atoms with Crippen molar-refractivity contribution in [2.75, 3.05) is 13.1 Å². The van der Waals surface area contributed by atoms with Crippen LogP contribution in [-0.4, -0.2) is 47.2 Å². The Bertz CT molecular complexity index is 595. The third-order valence-corrected chi connectivity index (χ3v) is 3.78. The van der Waals surface area contributed by atoms with Crippen molar-refractivity contribution in [2.24, 2.45) is 0 Å². The lowest BCUT2D eigenvalue weighted by Gasteiger charge is -2.18. The molecule has 2 amide bonds. The second kappa shape index (κ2) is 5.29. The van der Waals surface area contributed by atoms with E-state index < -0.39 is 30.6 Å². The van der Waals surface area contributed by atoms with Gasteiger partial charge in [-0.05, 0) is 19.3 Å². The molecule has 9 heteroatoms. The number of halogens is 3. The Kier molecular flexibility index (Phi) is 3.57. The Hall–Kier alpha value is -2.06. The van der Waals surface area contributed by atoms with Gasteiger partial charge in [-0.1, -0.05) is 5.16 Å².